The summed E-state index contributed by atoms with van der Waals surface area (Å²) in [6.07, 6.45) is 2.81. The first kappa shape index (κ1) is 23.6. The van der Waals surface area contributed by atoms with Gasteiger partial charge in [0.25, 0.3) is 11.9 Å². The fourth-order valence-electron chi connectivity index (χ4n) is 4.60. The van der Waals surface area contributed by atoms with Crippen LogP contribution in [0.3, 0.4) is 0 Å². The second kappa shape index (κ2) is 8.80. The van der Waals surface area contributed by atoms with Gasteiger partial charge in [-0.1, -0.05) is 23.2 Å². The number of rotatable bonds is 4. The van der Waals surface area contributed by atoms with Crippen molar-refractivity contribution in [2.75, 3.05) is 28.4 Å². The number of aromatic nitrogens is 5. The van der Waals surface area contributed by atoms with Gasteiger partial charge in [0.1, 0.15) is 5.82 Å². The minimum atomic E-state index is 0.154. The van der Waals surface area contributed by atoms with Crippen LogP contribution in [0.5, 0.6) is 0 Å². The molecule has 0 amide bonds. The minimum absolute atomic E-state index is 0.154. The van der Waals surface area contributed by atoms with Crippen LogP contribution in [0.2, 0.25) is 10.0 Å². The van der Waals surface area contributed by atoms with Crippen LogP contribution < -0.4 is 14.8 Å². The molecule has 4 heterocycles. The number of hydrogen-bond acceptors (Lipinski definition) is 8. The van der Waals surface area contributed by atoms with E-state index in [9.17, 15) is 0 Å². The van der Waals surface area contributed by atoms with E-state index in [-0.39, 0.29) is 6.04 Å². The molecule has 0 saturated carbocycles. The van der Waals surface area contributed by atoms with Crippen LogP contribution in [0.4, 0.5) is 17.3 Å². The summed E-state index contributed by atoms with van der Waals surface area (Å²) < 4.78 is 1.74. The van der Waals surface area contributed by atoms with Crippen LogP contribution in [0.15, 0.2) is 29.1 Å². The molecule has 2 aliphatic rings. The lowest BCUT2D eigenvalue weighted by Crippen LogP contribution is -2.27. The maximum Gasteiger partial charge on any atom is 0.256 e. The summed E-state index contributed by atoms with van der Waals surface area (Å²) in [5.74, 6) is 2.36. The zero-order valence-electron chi connectivity index (χ0n) is 20.6. The molecule has 2 aliphatic heterocycles. The van der Waals surface area contributed by atoms with Gasteiger partial charge in [0.15, 0.2) is 5.82 Å². The monoisotopic (exact) mass is 511 g/mol. The van der Waals surface area contributed by atoms with Gasteiger partial charge < -0.3 is 9.80 Å². The van der Waals surface area contributed by atoms with Gasteiger partial charge in [0.05, 0.1) is 33.2 Å². The first-order valence-corrected chi connectivity index (χ1v) is 12.3. The highest BCUT2D eigenvalue weighted by Gasteiger charge is 2.30. The van der Waals surface area contributed by atoms with Crippen molar-refractivity contribution in [2.24, 2.45) is 5.10 Å². The van der Waals surface area contributed by atoms with E-state index < -0.39 is 0 Å². The Kier molecular flexibility index (Phi) is 5.93. The van der Waals surface area contributed by atoms with Crippen molar-refractivity contribution in [3.05, 3.63) is 51.3 Å². The van der Waals surface area contributed by atoms with Crippen molar-refractivity contribution in [3.8, 4) is 5.95 Å². The molecule has 11 heteroatoms. The summed E-state index contributed by atoms with van der Waals surface area (Å²) >= 11 is 12.7. The second-order valence-corrected chi connectivity index (χ2v) is 9.74. The Balaban J connectivity index is 1.66. The molecule has 1 atom stereocenters. The first-order valence-electron chi connectivity index (χ1n) is 11.5. The first-order chi connectivity index (χ1) is 16.7. The number of aryl methyl sites for hydroxylation is 2. The van der Waals surface area contributed by atoms with Crippen molar-refractivity contribution in [2.45, 2.75) is 47.1 Å². The Morgan fingerprint density at radius 3 is 2.29 bits per heavy atom. The fourth-order valence-corrected chi connectivity index (χ4v) is 4.92. The second-order valence-electron chi connectivity index (χ2n) is 8.93. The topological polar surface area (TPSA) is 78.6 Å². The summed E-state index contributed by atoms with van der Waals surface area (Å²) in [6, 6.07) is 5.92. The van der Waals surface area contributed by atoms with Gasteiger partial charge in [-0.15, -0.1) is 0 Å². The molecule has 1 aromatic carbocycles. The SMILES string of the molecule is CCN1/C(=C\c2nc(N3N=C(C)CC3C)nc(-n3nc(C)cc3C)n2)N(C)c2cc(Cl)c(Cl)cc21. The molecule has 0 bridgehead atoms. The highest BCUT2D eigenvalue weighted by atomic mass is 35.5. The van der Waals surface area contributed by atoms with E-state index in [1.54, 1.807) is 4.68 Å². The normalized spacial score (nSPS) is 18.6. The number of anilines is 3. The molecule has 0 saturated heterocycles. The highest BCUT2D eigenvalue weighted by Crippen LogP contribution is 2.45. The van der Waals surface area contributed by atoms with Gasteiger partial charge in [-0.3, -0.25) is 0 Å². The summed E-state index contributed by atoms with van der Waals surface area (Å²) in [5, 5.41) is 12.2. The predicted molar refractivity (Wildman–Crippen MR) is 142 cm³/mol. The Hall–Kier alpha value is -3.17. The average Bonchev–Trinajstić information content (AvgIpc) is 3.41. The van der Waals surface area contributed by atoms with E-state index in [0.29, 0.717) is 27.8 Å². The van der Waals surface area contributed by atoms with Gasteiger partial charge in [-0.25, -0.2) is 9.69 Å². The van der Waals surface area contributed by atoms with Gasteiger partial charge in [0, 0.05) is 37.5 Å². The molecule has 9 nitrogen and oxygen atoms in total. The number of benzene rings is 1. The Bertz CT molecular complexity index is 1380. The number of nitrogens with zero attached hydrogens (tertiary/aromatic N) is 9. The molecule has 0 spiro atoms. The molecule has 0 fully saturated rings. The Morgan fingerprint density at radius 1 is 1.00 bits per heavy atom. The molecular formula is C24H27Cl2N9. The number of fused-ring (bicyclic) bond motifs is 1. The number of hydrazone groups is 1. The largest absolute Gasteiger partial charge is 0.329 e. The Morgan fingerprint density at radius 2 is 1.69 bits per heavy atom. The van der Waals surface area contributed by atoms with Crippen LogP contribution in [-0.4, -0.2) is 50.1 Å². The minimum Gasteiger partial charge on any atom is -0.329 e. The molecule has 0 radical (unpaired) electrons. The van der Waals surface area contributed by atoms with E-state index in [0.717, 1.165) is 47.3 Å². The van der Waals surface area contributed by atoms with Crippen LogP contribution in [0.25, 0.3) is 12.0 Å². The van der Waals surface area contributed by atoms with Crippen molar-refractivity contribution in [1.82, 2.24) is 24.7 Å². The lowest BCUT2D eigenvalue weighted by atomic mass is 10.2. The molecule has 182 valence electrons. The lowest BCUT2D eigenvalue weighted by Gasteiger charge is -2.22. The van der Waals surface area contributed by atoms with Gasteiger partial charge in [-0.2, -0.15) is 25.2 Å². The molecule has 5 rings (SSSR count). The zero-order valence-corrected chi connectivity index (χ0v) is 22.1. The van der Waals surface area contributed by atoms with Crippen molar-refractivity contribution in [1.29, 1.82) is 0 Å². The molecule has 3 aromatic rings. The van der Waals surface area contributed by atoms with E-state index in [1.165, 1.54) is 0 Å². The van der Waals surface area contributed by atoms with E-state index in [4.69, 9.17) is 38.2 Å². The molecule has 0 aliphatic carbocycles. The third-order valence-electron chi connectivity index (χ3n) is 6.18. The van der Waals surface area contributed by atoms with Gasteiger partial charge in [-0.05, 0) is 52.8 Å². The number of hydrogen-bond donors (Lipinski definition) is 0. The Labute approximate surface area is 214 Å². The molecular weight excluding hydrogens is 485 g/mol. The molecule has 35 heavy (non-hydrogen) atoms. The smallest absolute Gasteiger partial charge is 0.256 e. The lowest BCUT2D eigenvalue weighted by molar-refractivity contribution is 0.682. The molecule has 1 unspecified atom stereocenters. The average molecular weight is 512 g/mol. The number of halogens is 2. The van der Waals surface area contributed by atoms with E-state index >= 15 is 0 Å². The molecule has 0 N–H and O–H groups in total. The van der Waals surface area contributed by atoms with Crippen molar-refractivity contribution in [3.63, 3.8) is 0 Å². The third-order valence-corrected chi connectivity index (χ3v) is 6.91. The van der Waals surface area contributed by atoms with Gasteiger partial charge >= 0.3 is 0 Å². The maximum atomic E-state index is 6.34. The molecule has 2 aromatic heterocycles. The van der Waals surface area contributed by atoms with Crippen LogP contribution in [0, 0.1) is 13.8 Å². The quantitative estimate of drug-likeness (QED) is 0.474. The maximum absolute atomic E-state index is 6.34. The van der Waals surface area contributed by atoms with Crippen LogP contribution in [-0.2, 0) is 0 Å². The predicted octanol–water partition coefficient (Wildman–Crippen LogP) is 5.23. The zero-order chi connectivity index (χ0) is 25.0. The van der Waals surface area contributed by atoms with E-state index in [2.05, 4.69) is 33.8 Å². The van der Waals surface area contributed by atoms with E-state index in [1.807, 2.05) is 57.1 Å². The standard InChI is InChI=1S/C24H27Cl2N9/c1-7-33-20-11-18(26)17(25)10-19(20)32(6)22(33)12-21-27-23(34-15(4)8-13(2)30-34)29-24(28-21)35-16(5)9-14(3)31-35/h8,10-12,16H,7,9H2,1-6H3/b22-12-. The van der Waals surface area contributed by atoms with Crippen LogP contribution in [0.1, 0.15) is 44.4 Å². The summed E-state index contributed by atoms with van der Waals surface area (Å²) in [6.45, 7) is 10.9. The van der Waals surface area contributed by atoms with Crippen molar-refractivity contribution < 1.29 is 0 Å². The van der Waals surface area contributed by atoms with Crippen molar-refractivity contribution >= 4 is 52.3 Å². The van der Waals surface area contributed by atoms with Crippen LogP contribution >= 0.6 is 23.2 Å². The summed E-state index contributed by atoms with van der Waals surface area (Å²) in [5.41, 5.74) is 4.83. The summed E-state index contributed by atoms with van der Waals surface area (Å²) in [4.78, 5) is 18.5. The fraction of sp³-hybridized carbons (Fsp3) is 0.375. The third kappa shape index (κ3) is 4.12. The van der Waals surface area contributed by atoms with Gasteiger partial charge in [0.2, 0.25) is 0 Å². The summed E-state index contributed by atoms with van der Waals surface area (Å²) in [7, 11) is 1.99. The highest BCUT2D eigenvalue weighted by molar-refractivity contribution is 6.42.